The third-order valence-electron chi connectivity index (χ3n) is 3.72. The number of anilines is 1. The third-order valence-corrected chi connectivity index (χ3v) is 4.11. The van der Waals surface area contributed by atoms with Gasteiger partial charge in [0.15, 0.2) is 0 Å². The Kier molecular flexibility index (Phi) is 4.98. The highest BCUT2D eigenvalue weighted by atomic mass is 35.5. The minimum Gasteiger partial charge on any atom is -0.357 e. The lowest BCUT2D eigenvalue weighted by molar-refractivity contribution is 0.0951. The van der Waals surface area contributed by atoms with Crippen molar-refractivity contribution in [2.24, 2.45) is 0 Å². The standard InChI is InChI=1S/C16H16Cl2N4O/c17-13-8-12(9-14(18)21-13)16(23)20-10-11-3-4-19-15(7-11)22-5-1-2-6-22/h3-4,7-9H,1-2,5-6,10H2,(H,20,23). The summed E-state index contributed by atoms with van der Waals surface area (Å²) in [4.78, 5) is 22.7. The zero-order valence-corrected chi connectivity index (χ0v) is 13.9. The molecule has 0 aromatic carbocycles. The molecule has 0 saturated carbocycles. The second-order valence-electron chi connectivity index (χ2n) is 5.40. The highest BCUT2D eigenvalue weighted by molar-refractivity contribution is 6.33. The number of amides is 1. The fourth-order valence-corrected chi connectivity index (χ4v) is 3.03. The van der Waals surface area contributed by atoms with Gasteiger partial charge in [0.1, 0.15) is 16.1 Å². The number of carbonyl (C=O) groups excluding carboxylic acids is 1. The van der Waals surface area contributed by atoms with E-state index in [0.29, 0.717) is 12.1 Å². The zero-order valence-electron chi connectivity index (χ0n) is 12.4. The molecule has 1 saturated heterocycles. The van der Waals surface area contributed by atoms with E-state index in [1.165, 1.54) is 25.0 Å². The Morgan fingerprint density at radius 3 is 2.57 bits per heavy atom. The summed E-state index contributed by atoms with van der Waals surface area (Å²) < 4.78 is 0. The van der Waals surface area contributed by atoms with Crippen LogP contribution in [0.25, 0.3) is 0 Å². The van der Waals surface area contributed by atoms with Gasteiger partial charge in [-0.15, -0.1) is 0 Å². The van der Waals surface area contributed by atoms with Gasteiger partial charge in [-0.25, -0.2) is 9.97 Å². The summed E-state index contributed by atoms with van der Waals surface area (Å²) in [5, 5.41) is 3.25. The molecule has 0 unspecified atom stereocenters. The number of rotatable bonds is 4. The molecule has 0 spiro atoms. The summed E-state index contributed by atoms with van der Waals surface area (Å²) in [5.74, 6) is 0.722. The molecular weight excluding hydrogens is 335 g/mol. The van der Waals surface area contributed by atoms with Crippen LogP contribution in [-0.4, -0.2) is 29.0 Å². The van der Waals surface area contributed by atoms with E-state index in [0.717, 1.165) is 24.5 Å². The van der Waals surface area contributed by atoms with E-state index in [1.54, 1.807) is 6.20 Å². The Morgan fingerprint density at radius 1 is 1.17 bits per heavy atom. The Morgan fingerprint density at radius 2 is 1.87 bits per heavy atom. The van der Waals surface area contributed by atoms with E-state index in [4.69, 9.17) is 23.2 Å². The molecule has 1 aliphatic rings. The molecule has 3 heterocycles. The average Bonchev–Trinajstić information content (AvgIpc) is 3.06. The van der Waals surface area contributed by atoms with Gasteiger partial charge in [0, 0.05) is 31.4 Å². The molecule has 23 heavy (non-hydrogen) atoms. The molecule has 1 amide bonds. The molecule has 5 nitrogen and oxygen atoms in total. The lowest BCUT2D eigenvalue weighted by Crippen LogP contribution is -2.23. The second kappa shape index (κ2) is 7.15. The largest absolute Gasteiger partial charge is 0.357 e. The van der Waals surface area contributed by atoms with Crippen LogP contribution in [0.1, 0.15) is 28.8 Å². The van der Waals surface area contributed by atoms with Gasteiger partial charge in [-0.2, -0.15) is 0 Å². The topological polar surface area (TPSA) is 58.1 Å². The van der Waals surface area contributed by atoms with Crippen LogP contribution < -0.4 is 10.2 Å². The van der Waals surface area contributed by atoms with Crippen LogP contribution in [0.15, 0.2) is 30.5 Å². The Bertz CT molecular complexity index is 697. The van der Waals surface area contributed by atoms with Crippen LogP contribution in [-0.2, 0) is 6.54 Å². The van der Waals surface area contributed by atoms with E-state index in [-0.39, 0.29) is 16.2 Å². The fourth-order valence-electron chi connectivity index (χ4n) is 2.57. The number of nitrogens with zero attached hydrogens (tertiary/aromatic N) is 3. The van der Waals surface area contributed by atoms with Gasteiger partial charge in [0.2, 0.25) is 0 Å². The lowest BCUT2D eigenvalue weighted by Gasteiger charge is -2.17. The highest BCUT2D eigenvalue weighted by Gasteiger charge is 2.14. The first kappa shape index (κ1) is 16.0. The molecule has 0 radical (unpaired) electrons. The van der Waals surface area contributed by atoms with Crippen molar-refractivity contribution in [3.63, 3.8) is 0 Å². The molecule has 7 heteroatoms. The van der Waals surface area contributed by atoms with Gasteiger partial charge in [-0.05, 0) is 42.7 Å². The maximum absolute atomic E-state index is 12.2. The highest BCUT2D eigenvalue weighted by Crippen LogP contribution is 2.19. The smallest absolute Gasteiger partial charge is 0.251 e. The number of aromatic nitrogens is 2. The van der Waals surface area contributed by atoms with Crippen molar-refractivity contribution >= 4 is 34.9 Å². The quantitative estimate of drug-likeness (QED) is 0.859. The first-order valence-corrected chi connectivity index (χ1v) is 8.18. The van der Waals surface area contributed by atoms with E-state index in [9.17, 15) is 4.79 Å². The summed E-state index contributed by atoms with van der Waals surface area (Å²) in [7, 11) is 0. The summed E-state index contributed by atoms with van der Waals surface area (Å²) in [6, 6.07) is 6.89. The van der Waals surface area contributed by atoms with E-state index >= 15 is 0 Å². The molecule has 1 fully saturated rings. The van der Waals surface area contributed by atoms with Crippen LogP contribution in [0.5, 0.6) is 0 Å². The number of hydrogen-bond acceptors (Lipinski definition) is 4. The number of nitrogens with one attached hydrogen (secondary N) is 1. The summed E-state index contributed by atoms with van der Waals surface area (Å²) in [6.07, 6.45) is 4.17. The molecule has 1 N–H and O–H groups in total. The molecule has 3 rings (SSSR count). The maximum atomic E-state index is 12.2. The SMILES string of the molecule is O=C(NCc1ccnc(N2CCCC2)c1)c1cc(Cl)nc(Cl)c1. The fraction of sp³-hybridized carbons (Fsp3) is 0.312. The molecule has 0 atom stereocenters. The molecule has 1 aliphatic heterocycles. The Labute approximate surface area is 144 Å². The third kappa shape index (κ3) is 4.12. The first-order chi connectivity index (χ1) is 11.1. The number of hydrogen-bond donors (Lipinski definition) is 1. The lowest BCUT2D eigenvalue weighted by atomic mass is 10.2. The molecule has 2 aromatic rings. The number of pyridine rings is 2. The van der Waals surface area contributed by atoms with Gasteiger partial charge in [-0.1, -0.05) is 23.2 Å². The number of carbonyl (C=O) groups is 1. The van der Waals surface area contributed by atoms with Gasteiger partial charge in [0.05, 0.1) is 0 Å². The second-order valence-corrected chi connectivity index (χ2v) is 6.17. The van der Waals surface area contributed by atoms with E-state index in [2.05, 4.69) is 20.2 Å². The molecular formula is C16H16Cl2N4O. The van der Waals surface area contributed by atoms with Crippen LogP contribution in [0.4, 0.5) is 5.82 Å². The van der Waals surface area contributed by atoms with Crippen molar-refractivity contribution in [1.82, 2.24) is 15.3 Å². The van der Waals surface area contributed by atoms with Crippen LogP contribution in [0.2, 0.25) is 10.3 Å². The van der Waals surface area contributed by atoms with Crippen molar-refractivity contribution in [2.75, 3.05) is 18.0 Å². The first-order valence-electron chi connectivity index (χ1n) is 7.43. The van der Waals surface area contributed by atoms with Gasteiger partial charge in [-0.3, -0.25) is 4.79 Å². The normalized spacial score (nSPS) is 14.1. The minimum absolute atomic E-state index is 0.197. The van der Waals surface area contributed by atoms with Gasteiger partial charge < -0.3 is 10.2 Å². The summed E-state index contributed by atoms with van der Waals surface area (Å²) in [6.45, 7) is 2.49. The van der Waals surface area contributed by atoms with Crippen molar-refractivity contribution in [2.45, 2.75) is 19.4 Å². The number of halogens is 2. The Balaban J connectivity index is 1.65. The van der Waals surface area contributed by atoms with Crippen LogP contribution in [0.3, 0.4) is 0 Å². The van der Waals surface area contributed by atoms with Crippen molar-refractivity contribution in [3.8, 4) is 0 Å². The predicted molar refractivity (Wildman–Crippen MR) is 91.1 cm³/mol. The minimum atomic E-state index is -0.240. The van der Waals surface area contributed by atoms with E-state index < -0.39 is 0 Å². The van der Waals surface area contributed by atoms with Crippen molar-refractivity contribution in [3.05, 3.63) is 51.9 Å². The van der Waals surface area contributed by atoms with Gasteiger partial charge >= 0.3 is 0 Å². The van der Waals surface area contributed by atoms with E-state index in [1.807, 2.05) is 12.1 Å². The average molecular weight is 351 g/mol. The zero-order chi connectivity index (χ0) is 16.2. The molecule has 2 aromatic heterocycles. The molecule has 0 bridgehead atoms. The van der Waals surface area contributed by atoms with Crippen LogP contribution in [0, 0.1) is 0 Å². The monoisotopic (exact) mass is 350 g/mol. The molecule has 0 aliphatic carbocycles. The summed E-state index contributed by atoms with van der Waals surface area (Å²) >= 11 is 11.6. The maximum Gasteiger partial charge on any atom is 0.251 e. The summed E-state index contributed by atoms with van der Waals surface area (Å²) in [5.41, 5.74) is 1.39. The Hall–Kier alpha value is -1.85. The van der Waals surface area contributed by atoms with Crippen LogP contribution >= 0.6 is 23.2 Å². The molecule has 120 valence electrons. The predicted octanol–water partition coefficient (Wildman–Crippen LogP) is 3.31. The van der Waals surface area contributed by atoms with Crippen molar-refractivity contribution < 1.29 is 4.79 Å². The van der Waals surface area contributed by atoms with Gasteiger partial charge in [0.25, 0.3) is 5.91 Å². The van der Waals surface area contributed by atoms with Crippen molar-refractivity contribution in [1.29, 1.82) is 0 Å².